The molecule has 2 aromatic rings. The second-order valence-corrected chi connectivity index (χ2v) is 5.13. The topological polar surface area (TPSA) is 56.1 Å². The number of aromatic nitrogens is 2. The molecule has 1 aromatic carbocycles. The second kappa shape index (κ2) is 6.43. The van der Waals surface area contributed by atoms with Gasteiger partial charge in [-0.05, 0) is 25.0 Å². The van der Waals surface area contributed by atoms with Crippen LogP contribution in [0.1, 0.15) is 25.1 Å². The molecular weight excluding hydrogens is 266 g/mol. The van der Waals surface area contributed by atoms with Crippen LogP contribution in [0, 0.1) is 0 Å². The van der Waals surface area contributed by atoms with Gasteiger partial charge >= 0.3 is 0 Å². The van der Waals surface area contributed by atoms with Gasteiger partial charge in [0.15, 0.2) is 0 Å². The Morgan fingerprint density at radius 3 is 3.00 bits per heavy atom. The molecule has 0 radical (unpaired) electrons. The molecule has 3 rings (SSSR count). The van der Waals surface area contributed by atoms with Gasteiger partial charge in [0.1, 0.15) is 17.4 Å². The molecule has 110 valence electrons. The zero-order valence-corrected chi connectivity index (χ0v) is 11.9. The third-order valence-corrected chi connectivity index (χ3v) is 3.58. The summed E-state index contributed by atoms with van der Waals surface area (Å²) in [5.74, 6) is 2.61. The highest BCUT2D eigenvalue weighted by molar-refractivity contribution is 5.89. The number of rotatable bonds is 5. The van der Waals surface area contributed by atoms with Crippen LogP contribution in [0.15, 0.2) is 36.5 Å². The maximum Gasteiger partial charge on any atom is 0.228 e. The number of aryl methyl sites for hydroxylation is 1. The van der Waals surface area contributed by atoms with Gasteiger partial charge in [0.05, 0.1) is 19.2 Å². The SMILES string of the molecule is O=C(CCOc1ccccc1)Nc1cnc2n1CCCC2. The molecule has 0 spiro atoms. The highest BCUT2D eigenvalue weighted by Crippen LogP contribution is 2.19. The minimum atomic E-state index is -0.0424. The van der Waals surface area contributed by atoms with Gasteiger partial charge in [0.25, 0.3) is 0 Å². The van der Waals surface area contributed by atoms with E-state index in [2.05, 4.69) is 14.9 Å². The van der Waals surface area contributed by atoms with Crippen molar-refractivity contribution in [3.8, 4) is 5.75 Å². The molecule has 1 aliphatic rings. The number of amides is 1. The molecule has 0 saturated carbocycles. The Morgan fingerprint density at radius 1 is 1.29 bits per heavy atom. The van der Waals surface area contributed by atoms with Crippen LogP contribution in [0.3, 0.4) is 0 Å². The van der Waals surface area contributed by atoms with Crippen molar-refractivity contribution in [3.05, 3.63) is 42.4 Å². The smallest absolute Gasteiger partial charge is 0.228 e. The van der Waals surface area contributed by atoms with Crippen molar-refractivity contribution >= 4 is 11.7 Å². The second-order valence-electron chi connectivity index (χ2n) is 5.13. The summed E-state index contributed by atoms with van der Waals surface area (Å²) >= 11 is 0. The fourth-order valence-electron chi connectivity index (χ4n) is 2.50. The lowest BCUT2D eigenvalue weighted by Crippen LogP contribution is -2.19. The summed E-state index contributed by atoms with van der Waals surface area (Å²) in [5, 5.41) is 2.92. The van der Waals surface area contributed by atoms with E-state index in [4.69, 9.17) is 4.74 Å². The summed E-state index contributed by atoms with van der Waals surface area (Å²) in [5.41, 5.74) is 0. The van der Waals surface area contributed by atoms with Crippen LogP contribution in [0.4, 0.5) is 5.82 Å². The summed E-state index contributed by atoms with van der Waals surface area (Å²) in [7, 11) is 0. The van der Waals surface area contributed by atoms with E-state index in [0.717, 1.165) is 36.8 Å². The Kier molecular flexibility index (Phi) is 4.19. The molecule has 1 aliphatic heterocycles. The molecule has 1 N–H and O–H groups in total. The number of para-hydroxylation sites is 1. The van der Waals surface area contributed by atoms with Crippen molar-refractivity contribution in [1.82, 2.24) is 9.55 Å². The van der Waals surface area contributed by atoms with E-state index in [0.29, 0.717) is 13.0 Å². The van der Waals surface area contributed by atoms with Crippen LogP contribution in [0.5, 0.6) is 5.75 Å². The van der Waals surface area contributed by atoms with Gasteiger partial charge in [-0.2, -0.15) is 0 Å². The third-order valence-electron chi connectivity index (χ3n) is 3.58. The zero-order chi connectivity index (χ0) is 14.5. The fourth-order valence-corrected chi connectivity index (χ4v) is 2.50. The minimum absolute atomic E-state index is 0.0424. The fraction of sp³-hybridized carbons (Fsp3) is 0.375. The first-order valence-corrected chi connectivity index (χ1v) is 7.35. The summed E-state index contributed by atoms with van der Waals surface area (Å²) in [6, 6.07) is 9.51. The number of fused-ring (bicyclic) bond motifs is 1. The number of anilines is 1. The monoisotopic (exact) mass is 285 g/mol. The lowest BCUT2D eigenvalue weighted by Gasteiger charge is -2.16. The van der Waals surface area contributed by atoms with Crippen molar-refractivity contribution in [2.75, 3.05) is 11.9 Å². The molecule has 1 aromatic heterocycles. The van der Waals surface area contributed by atoms with Crippen LogP contribution in [-0.2, 0) is 17.8 Å². The maximum absolute atomic E-state index is 12.0. The third kappa shape index (κ3) is 3.42. The highest BCUT2D eigenvalue weighted by atomic mass is 16.5. The Labute approximate surface area is 124 Å². The molecule has 5 heteroatoms. The van der Waals surface area contributed by atoms with Gasteiger partial charge < -0.3 is 14.6 Å². The van der Waals surface area contributed by atoms with Crippen LogP contribution in [0.25, 0.3) is 0 Å². The van der Waals surface area contributed by atoms with Crippen molar-refractivity contribution in [2.24, 2.45) is 0 Å². The molecule has 2 heterocycles. The van der Waals surface area contributed by atoms with Crippen molar-refractivity contribution in [3.63, 3.8) is 0 Å². The van der Waals surface area contributed by atoms with E-state index in [-0.39, 0.29) is 5.91 Å². The van der Waals surface area contributed by atoms with Gasteiger partial charge in [-0.1, -0.05) is 18.2 Å². The lowest BCUT2D eigenvalue weighted by molar-refractivity contribution is -0.116. The zero-order valence-electron chi connectivity index (χ0n) is 11.9. The number of carbonyl (C=O) groups excluding carboxylic acids is 1. The quantitative estimate of drug-likeness (QED) is 0.918. The number of ether oxygens (including phenoxy) is 1. The van der Waals surface area contributed by atoms with Crippen molar-refractivity contribution in [2.45, 2.75) is 32.2 Å². The number of nitrogens with zero attached hydrogens (tertiary/aromatic N) is 2. The molecule has 0 fully saturated rings. The Hall–Kier alpha value is -2.30. The van der Waals surface area contributed by atoms with Gasteiger partial charge in [-0.25, -0.2) is 4.98 Å². The molecule has 0 saturated heterocycles. The van der Waals surface area contributed by atoms with Gasteiger partial charge in [-0.15, -0.1) is 0 Å². The van der Waals surface area contributed by atoms with E-state index in [1.54, 1.807) is 6.20 Å². The number of carbonyl (C=O) groups is 1. The maximum atomic E-state index is 12.0. The van der Waals surface area contributed by atoms with Crippen LogP contribution in [-0.4, -0.2) is 22.1 Å². The number of benzene rings is 1. The van der Waals surface area contributed by atoms with E-state index >= 15 is 0 Å². The number of nitrogens with one attached hydrogen (secondary N) is 1. The van der Waals surface area contributed by atoms with Crippen molar-refractivity contribution in [1.29, 1.82) is 0 Å². The van der Waals surface area contributed by atoms with Crippen molar-refractivity contribution < 1.29 is 9.53 Å². The average Bonchev–Trinajstić information content (AvgIpc) is 2.92. The Balaban J connectivity index is 1.49. The van der Waals surface area contributed by atoms with E-state index in [1.807, 2.05) is 30.3 Å². The van der Waals surface area contributed by atoms with Crippen LogP contribution in [0.2, 0.25) is 0 Å². The largest absolute Gasteiger partial charge is 0.493 e. The standard InChI is InChI=1S/C16H19N3O2/c20-16(9-11-21-13-6-2-1-3-7-13)18-15-12-17-14-8-4-5-10-19(14)15/h1-3,6-7,12H,4-5,8-11H2,(H,18,20). The number of hydrogen-bond donors (Lipinski definition) is 1. The van der Waals surface area contributed by atoms with Crippen LogP contribution >= 0.6 is 0 Å². The molecule has 0 atom stereocenters. The predicted octanol–water partition coefficient (Wildman–Crippen LogP) is 2.63. The Morgan fingerprint density at radius 2 is 2.14 bits per heavy atom. The first-order chi connectivity index (χ1) is 10.3. The first-order valence-electron chi connectivity index (χ1n) is 7.35. The molecule has 0 aliphatic carbocycles. The van der Waals surface area contributed by atoms with E-state index in [9.17, 15) is 4.79 Å². The predicted molar refractivity (Wildman–Crippen MR) is 80.3 cm³/mol. The van der Waals surface area contributed by atoms with Gasteiger partial charge in [0.2, 0.25) is 5.91 Å². The summed E-state index contributed by atoms with van der Waals surface area (Å²) in [6.45, 7) is 1.31. The Bertz CT molecular complexity index is 607. The molecule has 0 unspecified atom stereocenters. The lowest BCUT2D eigenvalue weighted by atomic mass is 10.2. The normalized spacial score (nSPS) is 13.5. The number of hydrogen-bond acceptors (Lipinski definition) is 3. The van der Waals surface area contributed by atoms with Gasteiger partial charge in [-0.3, -0.25) is 4.79 Å². The van der Waals surface area contributed by atoms with E-state index in [1.165, 1.54) is 6.42 Å². The summed E-state index contributed by atoms with van der Waals surface area (Å²) < 4.78 is 7.62. The molecule has 1 amide bonds. The molecular formula is C16H19N3O2. The summed E-state index contributed by atoms with van der Waals surface area (Å²) in [4.78, 5) is 16.3. The number of imidazole rings is 1. The van der Waals surface area contributed by atoms with E-state index < -0.39 is 0 Å². The minimum Gasteiger partial charge on any atom is -0.493 e. The molecule has 21 heavy (non-hydrogen) atoms. The molecule has 0 bridgehead atoms. The van der Waals surface area contributed by atoms with Crippen LogP contribution < -0.4 is 10.1 Å². The average molecular weight is 285 g/mol. The molecule has 5 nitrogen and oxygen atoms in total. The highest BCUT2D eigenvalue weighted by Gasteiger charge is 2.15. The first kappa shape index (κ1) is 13.7. The summed E-state index contributed by atoms with van der Waals surface area (Å²) in [6.07, 6.45) is 5.39. The van der Waals surface area contributed by atoms with Gasteiger partial charge in [0, 0.05) is 13.0 Å².